The van der Waals surface area contributed by atoms with Crippen molar-refractivity contribution in [2.75, 3.05) is 13.7 Å². The maximum Gasteiger partial charge on any atom is 0.119 e. The van der Waals surface area contributed by atoms with Crippen molar-refractivity contribution in [3.63, 3.8) is 0 Å². The van der Waals surface area contributed by atoms with E-state index in [-0.39, 0.29) is 0 Å². The van der Waals surface area contributed by atoms with E-state index < -0.39 is 0 Å². The number of nitrogens with zero attached hydrogens (tertiary/aromatic N) is 2. The number of aromatic nitrogens is 2. The van der Waals surface area contributed by atoms with E-state index in [0.29, 0.717) is 6.54 Å². The molecule has 1 heterocycles. The summed E-state index contributed by atoms with van der Waals surface area (Å²) in [6, 6.07) is 8.05. The Morgan fingerprint density at radius 1 is 1.41 bits per heavy atom. The minimum atomic E-state index is 0.620. The van der Waals surface area contributed by atoms with E-state index in [0.717, 1.165) is 24.5 Å². The lowest BCUT2D eigenvalue weighted by molar-refractivity contribution is 0.414. The van der Waals surface area contributed by atoms with Crippen LogP contribution in [-0.4, -0.2) is 23.2 Å². The lowest BCUT2D eigenvalue weighted by atomic mass is 10.2. The second-order valence-corrected chi connectivity index (χ2v) is 3.86. The van der Waals surface area contributed by atoms with Gasteiger partial charge in [-0.3, -0.25) is 0 Å². The van der Waals surface area contributed by atoms with Crippen molar-refractivity contribution < 1.29 is 4.74 Å². The van der Waals surface area contributed by atoms with Gasteiger partial charge in [-0.15, -0.1) is 0 Å². The molecule has 0 saturated carbocycles. The molecule has 4 heteroatoms. The van der Waals surface area contributed by atoms with Crippen LogP contribution < -0.4 is 10.5 Å². The van der Waals surface area contributed by atoms with Gasteiger partial charge in [0.05, 0.1) is 7.11 Å². The number of benzene rings is 1. The maximum atomic E-state index is 5.55. The molecule has 0 radical (unpaired) electrons. The lowest BCUT2D eigenvalue weighted by Crippen LogP contribution is -2.10. The molecule has 0 saturated heterocycles. The summed E-state index contributed by atoms with van der Waals surface area (Å²) < 4.78 is 7.32. The minimum Gasteiger partial charge on any atom is -0.497 e. The largest absolute Gasteiger partial charge is 0.497 e. The van der Waals surface area contributed by atoms with E-state index in [1.54, 1.807) is 7.11 Å². The van der Waals surface area contributed by atoms with Crippen LogP contribution in [0.4, 0.5) is 0 Å². The number of hydrogen-bond acceptors (Lipinski definition) is 3. The molecule has 0 aliphatic carbocycles. The predicted octanol–water partition coefficient (Wildman–Crippen LogP) is 1.44. The quantitative estimate of drug-likeness (QED) is 0.847. The summed E-state index contributed by atoms with van der Waals surface area (Å²) in [6.45, 7) is 1.42. The SMILES string of the molecule is COc1cccc(Cn2ccnc2CCN)c1. The average Bonchev–Trinajstić information content (AvgIpc) is 2.78. The molecule has 0 atom stereocenters. The Morgan fingerprint density at radius 3 is 3.06 bits per heavy atom. The van der Waals surface area contributed by atoms with Crippen molar-refractivity contribution >= 4 is 0 Å². The molecule has 90 valence electrons. The van der Waals surface area contributed by atoms with Crippen molar-refractivity contribution in [2.45, 2.75) is 13.0 Å². The standard InChI is InChI=1S/C13H17N3O/c1-17-12-4-2-3-11(9-12)10-16-8-7-15-13(16)5-6-14/h2-4,7-9H,5-6,10,14H2,1H3. The maximum absolute atomic E-state index is 5.55. The third-order valence-corrected chi connectivity index (χ3v) is 2.66. The van der Waals surface area contributed by atoms with E-state index in [9.17, 15) is 0 Å². The molecular weight excluding hydrogens is 214 g/mol. The van der Waals surface area contributed by atoms with E-state index >= 15 is 0 Å². The van der Waals surface area contributed by atoms with Crippen LogP contribution in [0, 0.1) is 0 Å². The third-order valence-electron chi connectivity index (χ3n) is 2.66. The zero-order valence-electron chi connectivity index (χ0n) is 9.97. The first-order valence-corrected chi connectivity index (χ1v) is 5.66. The number of hydrogen-bond donors (Lipinski definition) is 1. The van der Waals surface area contributed by atoms with E-state index in [2.05, 4.69) is 15.6 Å². The Morgan fingerprint density at radius 2 is 2.29 bits per heavy atom. The smallest absolute Gasteiger partial charge is 0.119 e. The van der Waals surface area contributed by atoms with Gasteiger partial charge in [-0.1, -0.05) is 12.1 Å². The number of imidazole rings is 1. The highest BCUT2D eigenvalue weighted by Crippen LogP contribution is 2.14. The Labute approximate surface area is 101 Å². The van der Waals surface area contributed by atoms with Gasteiger partial charge in [-0.2, -0.15) is 0 Å². The Kier molecular flexibility index (Phi) is 3.77. The van der Waals surface area contributed by atoms with Gasteiger partial charge < -0.3 is 15.0 Å². The molecule has 2 N–H and O–H groups in total. The van der Waals surface area contributed by atoms with Crippen LogP contribution in [0.3, 0.4) is 0 Å². The molecule has 17 heavy (non-hydrogen) atoms. The second kappa shape index (κ2) is 5.50. The third kappa shape index (κ3) is 2.85. The van der Waals surface area contributed by atoms with E-state index in [4.69, 9.17) is 10.5 Å². The van der Waals surface area contributed by atoms with Crippen LogP contribution in [0.1, 0.15) is 11.4 Å². The molecule has 0 spiro atoms. The number of ether oxygens (including phenoxy) is 1. The van der Waals surface area contributed by atoms with E-state index in [1.165, 1.54) is 5.56 Å². The molecule has 0 fully saturated rings. The Bertz CT molecular complexity index is 479. The van der Waals surface area contributed by atoms with Crippen LogP contribution >= 0.6 is 0 Å². The summed E-state index contributed by atoms with van der Waals surface area (Å²) in [4.78, 5) is 4.30. The van der Waals surface area contributed by atoms with Crippen LogP contribution in [0.2, 0.25) is 0 Å². The first kappa shape index (κ1) is 11.7. The fourth-order valence-electron chi connectivity index (χ4n) is 1.81. The Balaban J connectivity index is 2.16. The van der Waals surface area contributed by atoms with Gasteiger partial charge in [0.25, 0.3) is 0 Å². The average molecular weight is 231 g/mol. The molecule has 2 aromatic rings. The molecule has 0 aliphatic heterocycles. The summed E-state index contributed by atoms with van der Waals surface area (Å²) in [5.41, 5.74) is 6.75. The first-order chi connectivity index (χ1) is 8.33. The van der Waals surface area contributed by atoms with E-state index in [1.807, 2.05) is 30.6 Å². The fraction of sp³-hybridized carbons (Fsp3) is 0.308. The molecule has 1 aromatic carbocycles. The van der Waals surface area contributed by atoms with Gasteiger partial charge in [0, 0.05) is 25.4 Å². The molecule has 0 unspecified atom stereocenters. The summed E-state index contributed by atoms with van der Waals surface area (Å²) in [6.07, 6.45) is 4.59. The molecule has 0 bridgehead atoms. The molecular formula is C13H17N3O. The molecule has 2 rings (SSSR count). The summed E-state index contributed by atoms with van der Waals surface area (Å²) in [5, 5.41) is 0. The highest BCUT2D eigenvalue weighted by molar-refractivity contribution is 5.28. The summed E-state index contributed by atoms with van der Waals surface area (Å²) in [7, 11) is 1.68. The highest BCUT2D eigenvalue weighted by Gasteiger charge is 2.03. The van der Waals surface area contributed by atoms with Gasteiger partial charge in [-0.25, -0.2) is 4.98 Å². The van der Waals surface area contributed by atoms with Crippen molar-refractivity contribution in [3.8, 4) is 5.75 Å². The van der Waals surface area contributed by atoms with Crippen LogP contribution in [-0.2, 0) is 13.0 Å². The van der Waals surface area contributed by atoms with Crippen LogP contribution in [0.5, 0.6) is 5.75 Å². The van der Waals surface area contributed by atoms with Gasteiger partial charge in [0.1, 0.15) is 11.6 Å². The van der Waals surface area contributed by atoms with Crippen LogP contribution in [0.15, 0.2) is 36.7 Å². The number of nitrogens with two attached hydrogens (primary N) is 1. The summed E-state index contributed by atoms with van der Waals surface area (Å²) in [5.74, 6) is 1.90. The van der Waals surface area contributed by atoms with Crippen molar-refractivity contribution in [2.24, 2.45) is 5.73 Å². The molecule has 0 aliphatic rings. The zero-order chi connectivity index (χ0) is 12.1. The predicted molar refractivity (Wildman–Crippen MR) is 67.1 cm³/mol. The van der Waals surface area contributed by atoms with Gasteiger partial charge in [0.15, 0.2) is 0 Å². The second-order valence-electron chi connectivity index (χ2n) is 3.86. The molecule has 0 amide bonds. The normalized spacial score (nSPS) is 10.5. The van der Waals surface area contributed by atoms with Crippen LogP contribution in [0.25, 0.3) is 0 Å². The van der Waals surface area contributed by atoms with Crippen molar-refractivity contribution in [1.29, 1.82) is 0 Å². The summed E-state index contributed by atoms with van der Waals surface area (Å²) >= 11 is 0. The van der Waals surface area contributed by atoms with Crippen molar-refractivity contribution in [3.05, 3.63) is 48.0 Å². The van der Waals surface area contributed by atoms with Gasteiger partial charge >= 0.3 is 0 Å². The topological polar surface area (TPSA) is 53.1 Å². The van der Waals surface area contributed by atoms with Crippen molar-refractivity contribution in [1.82, 2.24) is 9.55 Å². The lowest BCUT2D eigenvalue weighted by Gasteiger charge is -2.08. The first-order valence-electron chi connectivity index (χ1n) is 5.66. The zero-order valence-corrected chi connectivity index (χ0v) is 9.97. The molecule has 1 aromatic heterocycles. The highest BCUT2D eigenvalue weighted by atomic mass is 16.5. The number of rotatable bonds is 5. The fourth-order valence-corrected chi connectivity index (χ4v) is 1.81. The monoisotopic (exact) mass is 231 g/mol. The minimum absolute atomic E-state index is 0.620. The molecule has 4 nitrogen and oxygen atoms in total. The van der Waals surface area contributed by atoms with Gasteiger partial charge in [0.2, 0.25) is 0 Å². The van der Waals surface area contributed by atoms with Gasteiger partial charge in [-0.05, 0) is 24.2 Å². The number of methoxy groups -OCH3 is 1. The Hall–Kier alpha value is -1.81.